The quantitative estimate of drug-likeness (QED) is 0.380. The molecule has 0 N–H and O–H groups in total. The van der Waals surface area contributed by atoms with Gasteiger partial charge in [0.2, 0.25) is 5.89 Å². The minimum Gasteiger partial charge on any atom is -0.416 e. The molecule has 2 aromatic carbocycles. The van der Waals surface area contributed by atoms with Gasteiger partial charge in [0.25, 0.3) is 10.9 Å². The Morgan fingerprint density at radius 3 is 2.38 bits per heavy atom. The molecular weight excluding hydrogens is 326 g/mol. The predicted octanol–water partition coefficient (Wildman–Crippen LogP) is 4.17. The summed E-state index contributed by atoms with van der Waals surface area (Å²) < 4.78 is 5.63. The van der Waals surface area contributed by atoms with Gasteiger partial charge in [0.1, 0.15) is 0 Å². The molecular formula is C17H15N3O3S. The molecule has 0 aliphatic rings. The van der Waals surface area contributed by atoms with Crippen LogP contribution in [0.3, 0.4) is 0 Å². The van der Waals surface area contributed by atoms with Crippen LogP contribution in [0.4, 0.5) is 5.69 Å². The number of hydrogen-bond acceptors (Lipinski definition) is 6. The lowest BCUT2D eigenvalue weighted by Gasteiger charge is -1.98. The van der Waals surface area contributed by atoms with Gasteiger partial charge in [0.05, 0.1) is 11.3 Å². The van der Waals surface area contributed by atoms with Crippen molar-refractivity contribution in [3.05, 3.63) is 81.2 Å². The van der Waals surface area contributed by atoms with Crippen molar-refractivity contribution in [2.75, 3.05) is 0 Å². The van der Waals surface area contributed by atoms with Crippen LogP contribution in [0.1, 0.15) is 22.6 Å². The molecule has 0 unspecified atom stereocenters. The van der Waals surface area contributed by atoms with E-state index in [2.05, 4.69) is 22.3 Å². The molecule has 122 valence electrons. The number of hydrogen-bond donors (Lipinski definition) is 0. The fraction of sp³-hybridized carbons (Fsp3) is 0.176. The first-order valence-corrected chi connectivity index (χ1v) is 8.33. The molecule has 0 radical (unpaired) electrons. The lowest BCUT2D eigenvalue weighted by molar-refractivity contribution is -0.384. The van der Waals surface area contributed by atoms with Gasteiger partial charge in [-0.05, 0) is 18.1 Å². The Balaban J connectivity index is 1.57. The summed E-state index contributed by atoms with van der Waals surface area (Å²) in [4.78, 5) is 10.2. The Kier molecular flexibility index (Phi) is 4.90. The van der Waals surface area contributed by atoms with E-state index in [0.717, 1.165) is 11.1 Å². The van der Waals surface area contributed by atoms with Crippen molar-refractivity contribution in [1.29, 1.82) is 0 Å². The van der Waals surface area contributed by atoms with Gasteiger partial charge in [-0.25, -0.2) is 0 Å². The molecule has 0 aliphatic heterocycles. The second kappa shape index (κ2) is 7.27. The third-order valence-electron chi connectivity index (χ3n) is 3.43. The molecule has 1 aromatic heterocycles. The summed E-state index contributed by atoms with van der Waals surface area (Å²) in [6.45, 7) is 2.05. The average Bonchev–Trinajstić information content (AvgIpc) is 3.03. The van der Waals surface area contributed by atoms with E-state index in [-0.39, 0.29) is 5.69 Å². The molecule has 7 heteroatoms. The molecule has 1 heterocycles. The number of nitro benzene ring substituents is 1. The Morgan fingerprint density at radius 1 is 1.04 bits per heavy atom. The van der Waals surface area contributed by atoms with Crippen LogP contribution < -0.4 is 0 Å². The molecule has 0 saturated carbocycles. The largest absolute Gasteiger partial charge is 0.416 e. The van der Waals surface area contributed by atoms with Gasteiger partial charge in [-0.1, -0.05) is 53.7 Å². The number of nitrogens with zero attached hydrogens (tertiary/aromatic N) is 3. The van der Waals surface area contributed by atoms with E-state index in [9.17, 15) is 10.1 Å². The average molecular weight is 341 g/mol. The van der Waals surface area contributed by atoms with Crippen LogP contribution in [0.2, 0.25) is 0 Å². The third-order valence-corrected chi connectivity index (χ3v) is 4.32. The van der Waals surface area contributed by atoms with E-state index in [1.807, 2.05) is 19.1 Å². The summed E-state index contributed by atoms with van der Waals surface area (Å²) in [5.41, 5.74) is 3.38. The van der Waals surface area contributed by atoms with Gasteiger partial charge in [0.15, 0.2) is 0 Å². The van der Waals surface area contributed by atoms with E-state index < -0.39 is 4.92 Å². The van der Waals surface area contributed by atoms with Crippen molar-refractivity contribution in [1.82, 2.24) is 10.2 Å². The molecule has 0 atom stereocenters. The Bertz CT molecular complexity index is 829. The van der Waals surface area contributed by atoms with Gasteiger partial charge in [-0.2, -0.15) is 0 Å². The molecule has 3 aromatic rings. The number of aromatic nitrogens is 2. The summed E-state index contributed by atoms with van der Waals surface area (Å²) >= 11 is 1.41. The molecule has 0 saturated heterocycles. The van der Waals surface area contributed by atoms with Crippen molar-refractivity contribution in [2.45, 2.75) is 24.3 Å². The first-order chi connectivity index (χ1) is 11.6. The number of thioether (sulfide) groups is 1. The predicted molar refractivity (Wildman–Crippen MR) is 90.9 cm³/mol. The van der Waals surface area contributed by atoms with E-state index in [1.165, 1.54) is 29.5 Å². The van der Waals surface area contributed by atoms with Gasteiger partial charge in [0, 0.05) is 17.9 Å². The Morgan fingerprint density at radius 2 is 1.71 bits per heavy atom. The highest BCUT2D eigenvalue weighted by Gasteiger charge is 2.09. The zero-order valence-electron chi connectivity index (χ0n) is 13.0. The first kappa shape index (κ1) is 16.2. The SMILES string of the molecule is Cc1ccc(Cc2nnc(SCc3ccc([N+](=O)[O-])cc3)o2)cc1. The zero-order valence-corrected chi connectivity index (χ0v) is 13.8. The molecule has 0 amide bonds. The van der Waals surface area contributed by atoms with Gasteiger partial charge < -0.3 is 4.42 Å². The smallest absolute Gasteiger partial charge is 0.276 e. The first-order valence-electron chi connectivity index (χ1n) is 7.34. The third kappa shape index (κ3) is 4.20. The van der Waals surface area contributed by atoms with Crippen molar-refractivity contribution in [3.8, 4) is 0 Å². The van der Waals surface area contributed by atoms with Crippen LogP contribution in [0.25, 0.3) is 0 Å². The maximum atomic E-state index is 10.6. The highest BCUT2D eigenvalue weighted by Crippen LogP contribution is 2.23. The number of nitro groups is 1. The Labute approximate surface area is 143 Å². The van der Waals surface area contributed by atoms with Crippen LogP contribution in [-0.2, 0) is 12.2 Å². The molecule has 0 fully saturated rings. The molecule has 3 rings (SSSR count). The normalized spacial score (nSPS) is 10.7. The summed E-state index contributed by atoms with van der Waals surface area (Å²) in [6, 6.07) is 14.6. The van der Waals surface area contributed by atoms with Crippen LogP contribution in [0.15, 0.2) is 58.2 Å². The molecule has 0 bridgehead atoms. The second-order valence-electron chi connectivity index (χ2n) is 5.34. The lowest BCUT2D eigenvalue weighted by atomic mass is 10.1. The number of non-ortho nitro benzene ring substituents is 1. The highest BCUT2D eigenvalue weighted by atomic mass is 32.2. The fourth-order valence-corrected chi connectivity index (χ4v) is 2.84. The van der Waals surface area contributed by atoms with E-state index >= 15 is 0 Å². The van der Waals surface area contributed by atoms with Crippen molar-refractivity contribution >= 4 is 17.4 Å². The number of aryl methyl sites for hydroxylation is 1. The van der Waals surface area contributed by atoms with Gasteiger partial charge in [-0.3, -0.25) is 10.1 Å². The van der Waals surface area contributed by atoms with Crippen LogP contribution in [-0.4, -0.2) is 15.1 Å². The molecule has 0 aliphatic carbocycles. The second-order valence-corrected chi connectivity index (χ2v) is 6.26. The minimum atomic E-state index is -0.410. The van der Waals surface area contributed by atoms with Crippen LogP contribution in [0.5, 0.6) is 0 Å². The van der Waals surface area contributed by atoms with Crippen LogP contribution in [0, 0.1) is 17.0 Å². The van der Waals surface area contributed by atoms with Crippen LogP contribution >= 0.6 is 11.8 Å². The monoisotopic (exact) mass is 341 g/mol. The zero-order chi connectivity index (χ0) is 16.9. The molecule has 6 nitrogen and oxygen atoms in total. The van der Waals surface area contributed by atoms with E-state index in [4.69, 9.17) is 4.42 Å². The molecule has 0 spiro atoms. The van der Waals surface area contributed by atoms with E-state index in [1.54, 1.807) is 12.1 Å². The van der Waals surface area contributed by atoms with Crippen molar-refractivity contribution in [3.63, 3.8) is 0 Å². The summed E-state index contributed by atoms with van der Waals surface area (Å²) in [6.07, 6.45) is 0.603. The lowest BCUT2D eigenvalue weighted by Crippen LogP contribution is -1.88. The summed E-state index contributed by atoms with van der Waals surface area (Å²) in [5, 5.41) is 19.2. The van der Waals surface area contributed by atoms with Crippen molar-refractivity contribution < 1.29 is 9.34 Å². The topological polar surface area (TPSA) is 82.1 Å². The van der Waals surface area contributed by atoms with Gasteiger partial charge >= 0.3 is 0 Å². The Hall–Kier alpha value is -2.67. The standard InChI is InChI=1S/C17H15N3O3S/c1-12-2-4-13(5-3-12)10-16-18-19-17(23-16)24-11-14-6-8-15(9-7-14)20(21)22/h2-9H,10-11H2,1H3. The fourth-order valence-electron chi connectivity index (χ4n) is 2.11. The van der Waals surface area contributed by atoms with Gasteiger partial charge in [-0.15, -0.1) is 10.2 Å². The number of rotatable bonds is 6. The summed E-state index contributed by atoms with van der Waals surface area (Å²) in [5.74, 6) is 1.19. The number of benzene rings is 2. The van der Waals surface area contributed by atoms with E-state index in [0.29, 0.717) is 23.3 Å². The molecule has 24 heavy (non-hydrogen) atoms. The maximum Gasteiger partial charge on any atom is 0.276 e. The highest BCUT2D eigenvalue weighted by molar-refractivity contribution is 7.98. The summed E-state index contributed by atoms with van der Waals surface area (Å²) in [7, 11) is 0. The maximum absolute atomic E-state index is 10.6. The minimum absolute atomic E-state index is 0.0851. The van der Waals surface area contributed by atoms with Crippen molar-refractivity contribution in [2.24, 2.45) is 0 Å².